The number of esters is 1. The van der Waals surface area contributed by atoms with Crippen LogP contribution in [0.5, 0.6) is 0 Å². The van der Waals surface area contributed by atoms with Crippen LogP contribution in [-0.2, 0) is 10.9 Å². The van der Waals surface area contributed by atoms with Gasteiger partial charge in [-0.05, 0) is 43.3 Å². The second-order valence-corrected chi connectivity index (χ2v) is 7.12. The maximum Gasteiger partial charge on any atom is 0.416 e. The number of hydrogen-bond acceptors (Lipinski definition) is 5. The minimum absolute atomic E-state index is 0.107. The number of carbonyl (C=O) groups is 2. The molecule has 3 aromatic rings. The van der Waals surface area contributed by atoms with Crippen LogP contribution in [0.1, 0.15) is 38.8 Å². The van der Waals surface area contributed by atoms with Crippen molar-refractivity contribution in [2.75, 3.05) is 23.8 Å². The number of hydrogen-bond donors (Lipinski definition) is 2. The summed E-state index contributed by atoms with van der Waals surface area (Å²) in [7, 11) is 0. The van der Waals surface area contributed by atoms with Gasteiger partial charge < -0.3 is 15.4 Å². The summed E-state index contributed by atoms with van der Waals surface area (Å²) >= 11 is 0. The molecule has 0 spiro atoms. The predicted molar refractivity (Wildman–Crippen MR) is 116 cm³/mol. The Balaban J connectivity index is 1.58. The molecule has 0 fully saturated rings. The highest BCUT2D eigenvalue weighted by Gasteiger charge is 2.31. The Kier molecular flexibility index (Phi) is 5.91. The van der Waals surface area contributed by atoms with E-state index in [1.54, 1.807) is 35.9 Å². The van der Waals surface area contributed by atoms with Gasteiger partial charge in [0.1, 0.15) is 11.4 Å². The molecule has 33 heavy (non-hydrogen) atoms. The molecule has 170 valence electrons. The zero-order chi connectivity index (χ0) is 23.6. The average Bonchev–Trinajstić information content (AvgIpc) is 3.23. The third-order valence-corrected chi connectivity index (χ3v) is 4.93. The van der Waals surface area contributed by atoms with Gasteiger partial charge in [0.15, 0.2) is 0 Å². The summed E-state index contributed by atoms with van der Waals surface area (Å²) in [6.45, 7) is 2.39. The van der Waals surface area contributed by atoms with Crippen LogP contribution in [0.15, 0.2) is 60.8 Å². The van der Waals surface area contributed by atoms with Crippen molar-refractivity contribution < 1.29 is 27.5 Å². The number of benzene rings is 2. The molecule has 10 heteroatoms. The van der Waals surface area contributed by atoms with E-state index >= 15 is 0 Å². The van der Waals surface area contributed by atoms with Crippen LogP contribution in [0.25, 0.3) is 5.70 Å². The number of halogens is 3. The molecular weight excluding hydrogens is 437 g/mol. The maximum absolute atomic E-state index is 13.0. The molecule has 1 amide bonds. The van der Waals surface area contributed by atoms with Crippen LogP contribution >= 0.6 is 0 Å². The molecule has 0 atom stereocenters. The quantitative estimate of drug-likeness (QED) is 0.546. The summed E-state index contributed by atoms with van der Waals surface area (Å²) < 4.78 is 45.5. The third-order valence-electron chi connectivity index (χ3n) is 4.93. The van der Waals surface area contributed by atoms with E-state index in [0.717, 1.165) is 12.1 Å². The van der Waals surface area contributed by atoms with E-state index < -0.39 is 23.6 Å². The van der Waals surface area contributed by atoms with Crippen molar-refractivity contribution >= 4 is 29.1 Å². The smallest absolute Gasteiger partial charge is 0.416 e. The first kappa shape index (κ1) is 22.1. The molecule has 0 aliphatic carbocycles. The van der Waals surface area contributed by atoms with Crippen LogP contribution in [0.3, 0.4) is 0 Å². The summed E-state index contributed by atoms with van der Waals surface area (Å²) in [5.74, 6) is -0.666. The molecule has 7 nitrogen and oxygen atoms in total. The van der Waals surface area contributed by atoms with E-state index in [1.807, 2.05) is 6.08 Å². The number of alkyl halides is 3. The summed E-state index contributed by atoms with van der Waals surface area (Å²) in [4.78, 5) is 24.7. The summed E-state index contributed by atoms with van der Waals surface area (Å²) in [5, 5.41) is 10.0. The first-order chi connectivity index (χ1) is 15.8. The second kappa shape index (κ2) is 8.81. The van der Waals surface area contributed by atoms with Gasteiger partial charge in [-0.15, -0.1) is 0 Å². The summed E-state index contributed by atoms with van der Waals surface area (Å²) in [6, 6.07) is 11.0. The number of rotatable bonds is 5. The highest BCUT2D eigenvalue weighted by atomic mass is 19.4. The molecular formula is C23H19F3N4O3. The molecule has 0 unspecified atom stereocenters. The fourth-order valence-corrected chi connectivity index (χ4v) is 3.43. The number of carbonyl (C=O) groups excluding carboxylic acids is 2. The van der Waals surface area contributed by atoms with Gasteiger partial charge in [-0.2, -0.15) is 18.3 Å². The number of nitrogens with zero attached hydrogens (tertiary/aromatic N) is 2. The third kappa shape index (κ3) is 4.59. The fourth-order valence-electron chi connectivity index (χ4n) is 3.43. The van der Waals surface area contributed by atoms with Gasteiger partial charge in [0.25, 0.3) is 5.91 Å². The van der Waals surface area contributed by atoms with E-state index in [9.17, 15) is 22.8 Å². The van der Waals surface area contributed by atoms with Gasteiger partial charge in [-0.3, -0.25) is 4.79 Å². The summed E-state index contributed by atoms with van der Waals surface area (Å²) in [5.41, 5.74) is 1.06. The highest BCUT2D eigenvalue weighted by molar-refractivity contribution is 6.04. The minimum Gasteiger partial charge on any atom is -0.462 e. The fraction of sp³-hybridized carbons (Fsp3) is 0.174. The first-order valence-electron chi connectivity index (χ1n) is 10.1. The lowest BCUT2D eigenvalue weighted by Gasteiger charge is -2.19. The minimum atomic E-state index is -4.54. The van der Waals surface area contributed by atoms with Gasteiger partial charge in [0.2, 0.25) is 0 Å². The lowest BCUT2D eigenvalue weighted by molar-refractivity contribution is -0.137. The van der Waals surface area contributed by atoms with E-state index in [4.69, 9.17) is 4.74 Å². The Morgan fingerprint density at radius 1 is 1.18 bits per heavy atom. The number of nitrogens with one attached hydrogen (secondary N) is 2. The number of fused-ring (bicyclic) bond motifs is 1. The van der Waals surface area contributed by atoms with Crippen molar-refractivity contribution in [1.29, 1.82) is 0 Å². The van der Waals surface area contributed by atoms with Crippen LogP contribution in [0.2, 0.25) is 0 Å². The zero-order valence-electron chi connectivity index (χ0n) is 17.4. The van der Waals surface area contributed by atoms with Crippen LogP contribution in [0.4, 0.5) is 24.7 Å². The zero-order valence-corrected chi connectivity index (χ0v) is 17.4. The Bertz CT molecular complexity index is 1250. The SMILES string of the molecule is CCOC(=O)c1cnn2c1NCC=C2c1cccc(NC(=O)c2cccc(C(F)(F)F)c2)c1. The highest BCUT2D eigenvalue weighted by Crippen LogP contribution is 2.31. The Labute approximate surface area is 186 Å². The van der Waals surface area contributed by atoms with E-state index in [2.05, 4.69) is 15.7 Å². The second-order valence-electron chi connectivity index (χ2n) is 7.12. The van der Waals surface area contributed by atoms with Crippen molar-refractivity contribution in [3.63, 3.8) is 0 Å². The largest absolute Gasteiger partial charge is 0.462 e. The van der Waals surface area contributed by atoms with E-state index in [1.165, 1.54) is 18.3 Å². The van der Waals surface area contributed by atoms with Crippen LogP contribution in [-0.4, -0.2) is 34.8 Å². The number of ether oxygens (including phenoxy) is 1. The van der Waals surface area contributed by atoms with Gasteiger partial charge in [0.05, 0.1) is 24.1 Å². The summed E-state index contributed by atoms with van der Waals surface area (Å²) in [6.07, 6.45) is -1.26. The van der Waals surface area contributed by atoms with Crippen molar-refractivity contribution in [2.45, 2.75) is 13.1 Å². The molecule has 1 aromatic heterocycles. The molecule has 0 saturated carbocycles. The first-order valence-corrected chi connectivity index (χ1v) is 10.1. The number of amides is 1. The molecule has 1 aliphatic rings. The Morgan fingerprint density at radius 2 is 1.97 bits per heavy atom. The molecule has 4 rings (SSSR count). The Hall–Kier alpha value is -4.08. The van der Waals surface area contributed by atoms with Gasteiger partial charge in [-0.1, -0.05) is 18.2 Å². The lowest BCUT2D eigenvalue weighted by atomic mass is 10.1. The topological polar surface area (TPSA) is 85.2 Å². The molecule has 2 aromatic carbocycles. The van der Waals surface area contributed by atoms with Crippen molar-refractivity contribution in [3.05, 3.63) is 83.1 Å². The van der Waals surface area contributed by atoms with Gasteiger partial charge >= 0.3 is 12.1 Å². The molecule has 0 bridgehead atoms. The van der Waals surface area contributed by atoms with Crippen molar-refractivity contribution in [2.24, 2.45) is 0 Å². The predicted octanol–water partition coefficient (Wildman–Crippen LogP) is 4.65. The van der Waals surface area contributed by atoms with Gasteiger partial charge in [0, 0.05) is 23.4 Å². The number of aromatic nitrogens is 2. The lowest BCUT2D eigenvalue weighted by Crippen LogP contribution is -2.18. The molecule has 2 heterocycles. The van der Waals surface area contributed by atoms with Crippen molar-refractivity contribution in [1.82, 2.24) is 9.78 Å². The standard InChI is InChI=1S/C23H19F3N4O3/c1-2-33-22(32)18-13-28-30-19(9-10-27-20(18)30)14-5-4-8-17(12-14)29-21(31)15-6-3-7-16(11-15)23(24,25)26/h3-9,11-13,27H,2,10H2,1H3,(H,29,31). The van der Waals surface area contributed by atoms with Crippen LogP contribution in [0, 0.1) is 0 Å². The molecule has 0 radical (unpaired) electrons. The van der Waals surface area contributed by atoms with Crippen LogP contribution < -0.4 is 10.6 Å². The van der Waals surface area contributed by atoms with Crippen molar-refractivity contribution in [3.8, 4) is 0 Å². The molecule has 2 N–H and O–H groups in total. The average molecular weight is 456 g/mol. The monoisotopic (exact) mass is 456 g/mol. The maximum atomic E-state index is 13.0. The molecule has 1 aliphatic heterocycles. The normalized spacial score (nSPS) is 12.9. The van der Waals surface area contributed by atoms with E-state index in [-0.39, 0.29) is 12.2 Å². The molecule has 0 saturated heterocycles. The van der Waals surface area contributed by atoms with Gasteiger partial charge in [-0.25, -0.2) is 9.48 Å². The van der Waals surface area contributed by atoms with E-state index in [0.29, 0.717) is 34.9 Å². The Morgan fingerprint density at radius 3 is 2.73 bits per heavy atom. The number of anilines is 2.